The highest BCUT2D eigenvalue weighted by molar-refractivity contribution is 6.36. The van der Waals surface area contributed by atoms with Crippen LogP contribution in [0, 0.1) is 22.7 Å². The summed E-state index contributed by atoms with van der Waals surface area (Å²) >= 11 is 24.9. The molecule has 4 saturated carbocycles. The van der Waals surface area contributed by atoms with Crippen molar-refractivity contribution in [3.8, 4) is 12.1 Å². The van der Waals surface area contributed by atoms with E-state index in [1.807, 2.05) is 78.9 Å². The quantitative estimate of drug-likeness (QED) is 0.0281. The lowest BCUT2D eigenvalue weighted by molar-refractivity contribution is -0.165. The van der Waals surface area contributed by atoms with Gasteiger partial charge in [-0.15, -0.1) is 0 Å². The Kier molecular flexibility index (Phi) is 31.1. The summed E-state index contributed by atoms with van der Waals surface area (Å²) in [6, 6.07) is 50.1. The zero-order chi connectivity index (χ0) is 105. The molecule has 2 atom stereocenters. The lowest BCUT2D eigenvalue weighted by Gasteiger charge is -2.41. The van der Waals surface area contributed by atoms with Gasteiger partial charge in [0.1, 0.15) is 39.2 Å². The SMILES string of the molecule is CC(C)(C)OC(=O)NC1(C(=O)NC2(c3ccccn3)CC2)COC1.CC(C)(C)OC(=O)NC1(C(=O)O)COC1.C[C@@]1(Cc2ccc(C#N)cc2)C(=O)N(c2cc(Cl)cc(Cl)c2)c2ncc(C(=O)NC3(C(=O)NC4(c5ccccn5)CC4)COC3)n21.C[C@@]1(Cc2ccc(C#N)cc2)C(=O)N(c2cc(Cl)cc(Cl)c2)c2ncc(C(=O)O)n21.NC1(C(=O)NC2(c3ccccn3)CC2)COC1.NC1(c2ccccn2)CC1.O=CO. The fraction of sp³-hybridized carbons (Fsp3) is 0.376. The number of carbonyl (C=O) groups is 11. The second-order valence-electron chi connectivity index (χ2n) is 39.0. The number of aromatic nitrogens is 8. The summed E-state index contributed by atoms with van der Waals surface area (Å²) < 4.78 is 33.6. The molecule has 0 spiro atoms. The van der Waals surface area contributed by atoms with E-state index in [1.54, 1.807) is 164 Å². The van der Waals surface area contributed by atoms with Crippen molar-refractivity contribution in [3.05, 3.63) is 271 Å². The maximum absolute atomic E-state index is 14.3. The number of carboxylic acid groups (broad SMARTS) is 3. The van der Waals surface area contributed by atoms with Crippen molar-refractivity contribution in [2.24, 2.45) is 11.5 Å². The fourth-order valence-corrected chi connectivity index (χ4v) is 17.6. The third-order valence-electron chi connectivity index (χ3n) is 25.2. The Labute approximate surface area is 852 Å². The van der Waals surface area contributed by atoms with Crippen molar-refractivity contribution < 1.29 is 96.5 Å². The predicted octanol–water partition coefficient (Wildman–Crippen LogP) is 11.3. The van der Waals surface area contributed by atoms with Gasteiger partial charge in [0.2, 0.25) is 17.8 Å². The molecule has 4 aromatic carbocycles. The number of imidazole rings is 2. The monoisotopic (exact) mass is 2060 g/mol. The molecule has 0 radical (unpaired) electrons. The van der Waals surface area contributed by atoms with Crippen LogP contribution in [0.2, 0.25) is 20.1 Å². The zero-order valence-electron chi connectivity index (χ0n) is 80.1. The zero-order valence-corrected chi connectivity index (χ0v) is 83.1. The number of nitrogens with two attached hydrogens (primary N) is 2. The van der Waals surface area contributed by atoms with Crippen LogP contribution in [0.25, 0.3) is 0 Å². The van der Waals surface area contributed by atoms with E-state index in [0.717, 1.165) is 85.3 Å². The van der Waals surface area contributed by atoms with Crippen LogP contribution in [0.3, 0.4) is 0 Å². The number of pyridine rings is 4. The number of halogens is 4. The molecule has 145 heavy (non-hydrogen) atoms. The average molecular weight is 2060 g/mol. The molecule has 40 nitrogen and oxygen atoms in total. The van der Waals surface area contributed by atoms with Gasteiger partial charge in [0.05, 0.1) is 145 Å². The molecule has 20 rings (SSSR count). The number of anilines is 4. The number of amides is 8. The number of carbonyl (C=O) groups excluding carboxylic acids is 8. The van der Waals surface area contributed by atoms with Gasteiger partial charge in [0.15, 0.2) is 16.6 Å². The summed E-state index contributed by atoms with van der Waals surface area (Å²) in [5, 5.41) is 62.1. The van der Waals surface area contributed by atoms with Crippen molar-refractivity contribution in [2.45, 2.75) is 186 Å². The van der Waals surface area contributed by atoms with Crippen LogP contribution in [-0.4, -0.2) is 207 Å². The first-order valence-electron chi connectivity index (χ1n) is 45.9. The molecule has 12 heterocycles. The Balaban J connectivity index is 0.000000146. The van der Waals surface area contributed by atoms with Crippen molar-refractivity contribution >= 4 is 136 Å². The van der Waals surface area contributed by atoms with E-state index in [9.17, 15) is 58.3 Å². The van der Waals surface area contributed by atoms with Gasteiger partial charge in [-0.3, -0.25) is 62.6 Å². The molecule has 8 fully saturated rings. The fourth-order valence-electron chi connectivity index (χ4n) is 16.6. The number of aliphatic carboxylic acids is 1. The van der Waals surface area contributed by atoms with E-state index < -0.39 is 85.5 Å². The van der Waals surface area contributed by atoms with Gasteiger partial charge in [-0.05, 0) is 227 Å². The minimum atomic E-state index is -1.33. The largest absolute Gasteiger partial charge is 0.483 e. The van der Waals surface area contributed by atoms with Gasteiger partial charge in [0, 0.05) is 57.7 Å². The van der Waals surface area contributed by atoms with E-state index in [1.165, 1.54) is 32.8 Å². The number of ether oxygens (including phenoxy) is 6. The number of aromatic carboxylic acids is 1. The van der Waals surface area contributed by atoms with Crippen LogP contribution in [0.4, 0.5) is 32.9 Å². The smallest absolute Gasteiger partial charge is 0.408 e. The summed E-state index contributed by atoms with van der Waals surface area (Å²) in [7, 11) is 0. The van der Waals surface area contributed by atoms with E-state index in [4.69, 9.17) is 107 Å². The summed E-state index contributed by atoms with van der Waals surface area (Å²) in [5.41, 5.74) is 8.82. The third kappa shape index (κ3) is 23.8. The molecule has 0 unspecified atom stereocenters. The van der Waals surface area contributed by atoms with Gasteiger partial charge in [-0.2, -0.15) is 10.5 Å². The van der Waals surface area contributed by atoms with Crippen molar-refractivity contribution in [3.63, 3.8) is 0 Å². The highest BCUT2D eigenvalue weighted by Gasteiger charge is 2.60. The molecule has 44 heteroatoms. The van der Waals surface area contributed by atoms with Gasteiger partial charge in [-0.25, -0.2) is 38.9 Å². The Morgan fingerprint density at radius 3 is 1.06 bits per heavy atom. The molecule has 0 bridgehead atoms. The van der Waals surface area contributed by atoms with Crippen LogP contribution in [0.15, 0.2) is 195 Å². The van der Waals surface area contributed by atoms with E-state index in [2.05, 4.69) is 67.9 Å². The molecule has 6 aromatic heterocycles. The molecule has 6 aliphatic heterocycles. The van der Waals surface area contributed by atoms with Crippen molar-refractivity contribution in [1.82, 2.24) is 70.9 Å². The van der Waals surface area contributed by atoms with E-state index >= 15 is 0 Å². The Hall–Kier alpha value is -14.4. The number of carboxylic acids is 2. The number of hydrogen-bond acceptors (Lipinski definition) is 27. The molecule has 10 aliphatic rings. The number of nitrogens with zero attached hydrogens (tertiary/aromatic N) is 12. The first kappa shape index (κ1) is 106. The predicted molar refractivity (Wildman–Crippen MR) is 526 cm³/mol. The molecular formula is C101H106Cl4N20O20. The first-order chi connectivity index (χ1) is 68.7. The molecule has 13 N–H and O–H groups in total. The number of benzene rings is 4. The van der Waals surface area contributed by atoms with Gasteiger partial charge in [-0.1, -0.05) is 94.9 Å². The lowest BCUT2D eigenvalue weighted by atomic mass is 9.91. The standard InChI is InChI=1S/C33H27Cl2N7O4.C21H14Cl2N4O3.C17H23N3O4.C12H15N3O2.C9H15NO5.C8H10N2.CH2O2/c1-31(15-20-5-7-21(16-36)8-6-20)29(45)41(24-13-22(34)12-23(35)14-24)30-38-17-25(42(30)31)27(43)39-33(18-46-19-33)28(44)40-32(9-10-32)26-4-2-3-11-37-26;1-21(9-12-2-4-13(10-24)5-3-12)19(30)26(16-7-14(22)6-15(23)8-16)20-25-11-17(18(28)29)27(20)21;1-15(2,3)24-14(22)20-17(10-23-11-17)13(21)19-16(7-8-16)12-6-4-5-9-18-12;13-11(7-17-8-11)10(16)15-12(4-5-12)9-3-1-2-6-14-9;1-8(2,3)15-7(13)10-9(6(11)12)4-14-5-9;9-8(4-5-8)7-3-1-2-6-10-7;2-1-3/h2-8,11-14,17H,9-10,15,18-19H2,1H3,(H,39,43)(H,40,44);2-8,11H,9H2,1H3,(H,28,29);4-6,9H,7-8,10-11H2,1-3H3,(H,19,21)(H,20,22);1-3,6H,4-5,7-8,13H2,(H,15,16);4-5H2,1-3H3,(H,10,13)(H,11,12);1-3,6H,4-5,9H2;1H,(H,2,3)/t31-;21-;;;;;/m11...../s1. The summed E-state index contributed by atoms with van der Waals surface area (Å²) in [4.78, 5) is 164. The van der Waals surface area contributed by atoms with Gasteiger partial charge < -0.3 is 87.1 Å². The van der Waals surface area contributed by atoms with Crippen LogP contribution in [0.5, 0.6) is 0 Å². The number of rotatable bonds is 22. The molecule has 758 valence electrons. The summed E-state index contributed by atoms with van der Waals surface area (Å²) in [6.45, 7) is 14.4. The Bertz CT molecular complexity index is 6590. The topological polar surface area (TPSA) is 569 Å². The second-order valence-corrected chi connectivity index (χ2v) is 40.8. The maximum atomic E-state index is 14.3. The number of alkyl carbamates (subject to hydrolysis) is 2. The van der Waals surface area contributed by atoms with Crippen LogP contribution >= 0.6 is 46.4 Å². The Morgan fingerprint density at radius 2 is 0.772 bits per heavy atom. The minimum absolute atomic E-state index is 0.0154. The highest BCUT2D eigenvalue weighted by atomic mass is 35.5. The van der Waals surface area contributed by atoms with Crippen LogP contribution < -0.4 is 53.2 Å². The number of hydrogen-bond donors (Lipinski definition) is 11. The van der Waals surface area contributed by atoms with Gasteiger partial charge >= 0.3 is 24.1 Å². The number of fused-ring (bicyclic) bond motifs is 2. The lowest BCUT2D eigenvalue weighted by Crippen LogP contribution is -2.71. The normalized spacial score (nSPS) is 19.7. The number of nitrogens with one attached hydrogen (secondary N) is 6. The summed E-state index contributed by atoms with van der Waals surface area (Å²) in [6.07, 6.45) is 15.7. The highest BCUT2D eigenvalue weighted by Crippen LogP contribution is 2.50. The van der Waals surface area contributed by atoms with Gasteiger partial charge in [0.25, 0.3) is 36.0 Å². The Morgan fingerprint density at radius 1 is 0.448 bits per heavy atom. The van der Waals surface area contributed by atoms with Crippen LogP contribution in [0.1, 0.15) is 173 Å². The van der Waals surface area contributed by atoms with E-state index in [-0.39, 0.29) is 123 Å². The van der Waals surface area contributed by atoms with Crippen molar-refractivity contribution in [1.29, 1.82) is 10.5 Å². The summed E-state index contributed by atoms with van der Waals surface area (Å²) in [5.74, 6) is -4.03. The first-order valence-corrected chi connectivity index (χ1v) is 47.4. The molecule has 10 aromatic rings. The maximum Gasteiger partial charge on any atom is 0.408 e. The second kappa shape index (κ2) is 42.5. The molecule has 8 amide bonds. The van der Waals surface area contributed by atoms with E-state index in [0.29, 0.717) is 55.8 Å². The molecule has 4 aliphatic carbocycles. The van der Waals surface area contributed by atoms with Crippen LogP contribution in [-0.2, 0) is 108 Å². The molecule has 4 saturated heterocycles. The molecular weight excluding hydrogens is 1960 g/mol. The average Bonchev–Trinajstić information content (AvgIpc) is 1.55. The third-order valence-corrected chi connectivity index (χ3v) is 26.1. The van der Waals surface area contributed by atoms with Crippen molar-refractivity contribution in [2.75, 3.05) is 62.7 Å². The minimum Gasteiger partial charge on any atom is -0.483 e. The number of nitriles is 2.